The molecule has 1 aliphatic rings. The molecule has 3 N–H and O–H groups in total. The third kappa shape index (κ3) is 6.07. The van der Waals surface area contributed by atoms with E-state index in [0.29, 0.717) is 18.8 Å². The minimum atomic E-state index is -0.928. The van der Waals surface area contributed by atoms with Gasteiger partial charge in [-0.25, -0.2) is 4.79 Å². The molecule has 178 valence electrons. The van der Waals surface area contributed by atoms with E-state index in [1.54, 1.807) is 19.2 Å². The number of carboxylic acid groups (broad SMARTS) is 1. The number of aliphatic hydroxyl groups is 1. The Kier molecular flexibility index (Phi) is 7.67. The van der Waals surface area contributed by atoms with E-state index in [2.05, 4.69) is 11.4 Å². The molecule has 34 heavy (non-hydrogen) atoms. The van der Waals surface area contributed by atoms with E-state index in [-0.39, 0.29) is 18.3 Å². The fourth-order valence-corrected chi connectivity index (χ4v) is 3.91. The van der Waals surface area contributed by atoms with Gasteiger partial charge in [0.2, 0.25) is 0 Å². The lowest BCUT2D eigenvalue weighted by molar-refractivity contribution is 0.0697. The van der Waals surface area contributed by atoms with Gasteiger partial charge in [-0.3, -0.25) is 0 Å². The lowest BCUT2D eigenvalue weighted by atomic mass is 9.96. The SMILES string of the molecule is COc1ccc(OCC(O)CNCC2CCc3cc(-c4ccc(C(=O)O)cc4)ccc3O2)cc1. The van der Waals surface area contributed by atoms with Crippen molar-refractivity contribution in [2.24, 2.45) is 0 Å². The summed E-state index contributed by atoms with van der Waals surface area (Å²) in [5, 5.41) is 22.5. The predicted molar refractivity (Wildman–Crippen MR) is 129 cm³/mol. The Bertz CT molecular complexity index is 1100. The van der Waals surface area contributed by atoms with Crippen molar-refractivity contribution in [1.82, 2.24) is 5.32 Å². The van der Waals surface area contributed by atoms with Crippen molar-refractivity contribution in [2.75, 3.05) is 26.8 Å². The number of methoxy groups -OCH3 is 1. The number of rotatable bonds is 10. The summed E-state index contributed by atoms with van der Waals surface area (Å²) in [6.07, 6.45) is 1.17. The number of hydrogen-bond acceptors (Lipinski definition) is 6. The van der Waals surface area contributed by atoms with Crippen LogP contribution in [0.1, 0.15) is 22.3 Å². The number of hydrogen-bond donors (Lipinski definition) is 3. The minimum absolute atomic E-state index is 0.0305. The van der Waals surface area contributed by atoms with Gasteiger partial charge in [0.15, 0.2) is 0 Å². The van der Waals surface area contributed by atoms with E-state index >= 15 is 0 Å². The van der Waals surface area contributed by atoms with Gasteiger partial charge in [-0.1, -0.05) is 18.2 Å². The molecule has 0 spiro atoms. The van der Waals surface area contributed by atoms with Crippen molar-refractivity contribution in [1.29, 1.82) is 0 Å². The maximum Gasteiger partial charge on any atom is 0.335 e. The first-order valence-corrected chi connectivity index (χ1v) is 11.3. The number of benzene rings is 3. The van der Waals surface area contributed by atoms with Gasteiger partial charge in [-0.15, -0.1) is 0 Å². The first kappa shape index (κ1) is 23.6. The van der Waals surface area contributed by atoms with Crippen LogP contribution in [0.4, 0.5) is 0 Å². The highest BCUT2D eigenvalue weighted by Gasteiger charge is 2.20. The number of fused-ring (bicyclic) bond motifs is 1. The monoisotopic (exact) mass is 463 g/mol. The van der Waals surface area contributed by atoms with Gasteiger partial charge in [-0.2, -0.15) is 0 Å². The standard InChI is InChI=1S/C27H29NO6/c1-32-23-9-11-24(12-10-23)33-17-22(29)15-28-16-25-8-6-21-14-20(7-13-26(21)34-25)18-2-4-19(5-3-18)27(30)31/h2-5,7,9-14,22,25,28-29H,6,8,15-17H2,1H3,(H,30,31). The number of aromatic carboxylic acids is 1. The molecule has 1 heterocycles. The highest BCUT2D eigenvalue weighted by molar-refractivity contribution is 5.88. The van der Waals surface area contributed by atoms with Gasteiger partial charge in [-0.05, 0) is 78.1 Å². The number of carboxylic acids is 1. The molecule has 2 unspecified atom stereocenters. The van der Waals surface area contributed by atoms with Crippen molar-refractivity contribution in [3.05, 3.63) is 77.9 Å². The fraction of sp³-hybridized carbons (Fsp3) is 0.296. The average Bonchev–Trinajstić information content (AvgIpc) is 2.87. The maximum absolute atomic E-state index is 11.0. The fourth-order valence-electron chi connectivity index (χ4n) is 3.91. The van der Waals surface area contributed by atoms with Gasteiger partial charge < -0.3 is 29.7 Å². The lowest BCUT2D eigenvalue weighted by Gasteiger charge is -2.27. The number of ether oxygens (including phenoxy) is 3. The van der Waals surface area contributed by atoms with Gasteiger partial charge in [0.1, 0.15) is 36.1 Å². The number of aryl methyl sites for hydroxylation is 1. The Balaban J connectivity index is 1.23. The molecular formula is C27H29NO6. The van der Waals surface area contributed by atoms with Gasteiger partial charge in [0.25, 0.3) is 0 Å². The van der Waals surface area contributed by atoms with Crippen LogP contribution < -0.4 is 19.5 Å². The van der Waals surface area contributed by atoms with E-state index in [9.17, 15) is 9.90 Å². The summed E-state index contributed by atoms with van der Waals surface area (Å²) in [6, 6.07) is 20.2. The second-order valence-corrected chi connectivity index (χ2v) is 8.28. The maximum atomic E-state index is 11.0. The summed E-state index contributed by atoms with van der Waals surface area (Å²) in [4.78, 5) is 11.0. The lowest BCUT2D eigenvalue weighted by Crippen LogP contribution is -2.39. The molecule has 3 aromatic rings. The number of nitrogens with one attached hydrogen (secondary N) is 1. The van der Waals surface area contributed by atoms with Crippen LogP contribution in [0.3, 0.4) is 0 Å². The van der Waals surface area contributed by atoms with Crippen LogP contribution in [0, 0.1) is 0 Å². The summed E-state index contributed by atoms with van der Waals surface area (Å²) < 4.78 is 16.9. The van der Waals surface area contributed by atoms with Crippen LogP contribution in [-0.4, -0.2) is 55.2 Å². The molecule has 2 atom stereocenters. The van der Waals surface area contributed by atoms with Crippen LogP contribution in [0.2, 0.25) is 0 Å². The zero-order valence-electron chi connectivity index (χ0n) is 19.1. The summed E-state index contributed by atoms with van der Waals surface area (Å²) >= 11 is 0. The van der Waals surface area contributed by atoms with Crippen LogP contribution in [0.5, 0.6) is 17.2 Å². The molecular weight excluding hydrogens is 434 g/mol. The second kappa shape index (κ2) is 11.0. The van der Waals surface area contributed by atoms with Crippen LogP contribution >= 0.6 is 0 Å². The van der Waals surface area contributed by atoms with E-state index in [4.69, 9.17) is 19.3 Å². The first-order chi connectivity index (χ1) is 16.5. The molecule has 0 fully saturated rings. The topological polar surface area (TPSA) is 97.2 Å². The highest BCUT2D eigenvalue weighted by Crippen LogP contribution is 2.32. The first-order valence-electron chi connectivity index (χ1n) is 11.3. The van der Waals surface area contributed by atoms with Crippen LogP contribution in [-0.2, 0) is 6.42 Å². The van der Waals surface area contributed by atoms with Crippen LogP contribution in [0.15, 0.2) is 66.7 Å². The summed E-state index contributed by atoms with van der Waals surface area (Å²) in [6.45, 7) is 1.25. The Hall–Kier alpha value is -3.55. The Morgan fingerprint density at radius 3 is 2.47 bits per heavy atom. The number of aliphatic hydroxyl groups excluding tert-OH is 1. The minimum Gasteiger partial charge on any atom is -0.497 e. The largest absolute Gasteiger partial charge is 0.497 e. The molecule has 0 aliphatic carbocycles. The number of carbonyl (C=O) groups is 1. The second-order valence-electron chi connectivity index (χ2n) is 8.28. The quantitative estimate of drug-likeness (QED) is 0.421. The smallest absolute Gasteiger partial charge is 0.335 e. The average molecular weight is 464 g/mol. The molecule has 0 aromatic heterocycles. The third-order valence-electron chi connectivity index (χ3n) is 5.81. The van der Waals surface area contributed by atoms with Crippen molar-refractivity contribution in [2.45, 2.75) is 25.0 Å². The van der Waals surface area contributed by atoms with Crippen molar-refractivity contribution >= 4 is 5.97 Å². The summed E-state index contributed by atoms with van der Waals surface area (Å²) in [5.41, 5.74) is 3.43. The summed E-state index contributed by atoms with van der Waals surface area (Å²) in [7, 11) is 1.61. The van der Waals surface area contributed by atoms with Gasteiger partial charge >= 0.3 is 5.97 Å². The van der Waals surface area contributed by atoms with E-state index in [1.807, 2.05) is 48.5 Å². The van der Waals surface area contributed by atoms with E-state index < -0.39 is 12.1 Å². The summed E-state index contributed by atoms with van der Waals surface area (Å²) in [5.74, 6) is 1.38. The molecule has 0 amide bonds. The Labute approximate surface area is 198 Å². The van der Waals surface area contributed by atoms with Crippen molar-refractivity contribution in [3.63, 3.8) is 0 Å². The molecule has 0 saturated heterocycles. The molecule has 0 bridgehead atoms. The van der Waals surface area contributed by atoms with Gasteiger partial charge in [0.05, 0.1) is 12.7 Å². The zero-order chi connectivity index (χ0) is 23.9. The van der Waals surface area contributed by atoms with Gasteiger partial charge in [0, 0.05) is 13.1 Å². The molecule has 3 aromatic carbocycles. The van der Waals surface area contributed by atoms with Crippen molar-refractivity contribution < 1.29 is 29.2 Å². The zero-order valence-corrected chi connectivity index (χ0v) is 19.1. The molecule has 7 heteroatoms. The molecule has 4 rings (SSSR count). The molecule has 0 saturated carbocycles. The Morgan fingerprint density at radius 2 is 1.76 bits per heavy atom. The predicted octanol–water partition coefficient (Wildman–Crippen LogP) is 3.78. The van der Waals surface area contributed by atoms with E-state index in [1.165, 1.54) is 0 Å². The third-order valence-corrected chi connectivity index (χ3v) is 5.81. The van der Waals surface area contributed by atoms with Crippen molar-refractivity contribution in [3.8, 4) is 28.4 Å². The van der Waals surface area contributed by atoms with Crippen LogP contribution in [0.25, 0.3) is 11.1 Å². The molecule has 1 aliphatic heterocycles. The highest BCUT2D eigenvalue weighted by atomic mass is 16.5. The normalized spacial score (nSPS) is 15.6. The Morgan fingerprint density at radius 1 is 1.06 bits per heavy atom. The molecule has 0 radical (unpaired) electrons. The van der Waals surface area contributed by atoms with E-state index in [0.717, 1.165) is 41.0 Å². The molecule has 7 nitrogen and oxygen atoms in total.